The first-order chi connectivity index (χ1) is 6.91. The Morgan fingerprint density at radius 3 is 2.27 bits per heavy atom. The van der Waals surface area contributed by atoms with Gasteiger partial charge in [0.05, 0.1) is 12.0 Å². The van der Waals surface area contributed by atoms with Gasteiger partial charge in [0.1, 0.15) is 0 Å². The van der Waals surface area contributed by atoms with Crippen LogP contribution in [0.15, 0.2) is 0 Å². The summed E-state index contributed by atoms with van der Waals surface area (Å²) in [5.41, 5.74) is 0. The Morgan fingerprint density at radius 1 is 1.33 bits per heavy atom. The molecule has 0 atom stereocenters. The van der Waals surface area contributed by atoms with Gasteiger partial charge in [0, 0.05) is 26.2 Å². The van der Waals surface area contributed by atoms with E-state index in [-0.39, 0.29) is 24.0 Å². The van der Waals surface area contributed by atoms with Crippen molar-refractivity contribution in [2.45, 2.75) is 39.8 Å². The lowest BCUT2D eigenvalue weighted by Gasteiger charge is -2.40. The van der Waals surface area contributed by atoms with Crippen LogP contribution in [0.25, 0.3) is 0 Å². The molecule has 1 rings (SSSR count). The average molecular weight is 214 g/mol. The Bertz CT molecular complexity index is 223. The van der Waals surface area contributed by atoms with E-state index in [0.717, 1.165) is 13.1 Å². The Kier molecular flexibility index (Phi) is 4.11. The maximum Gasteiger partial charge on any atom is 0.228 e. The van der Waals surface area contributed by atoms with Crippen LogP contribution >= 0.6 is 0 Å². The average Bonchev–Trinajstić information content (AvgIpc) is 2.07. The number of hydrogen-bond acceptors (Lipinski definition) is 3. The molecule has 0 radical (unpaired) electrons. The van der Waals surface area contributed by atoms with Gasteiger partial charge in [0.15, 0.2) is 0 Å². The SMILES string of the molecule is CC(C)ON1CC(C(=O)N(C)C(C)C)C1. The van der Waals surface area contributed by atoms with Crippen LogP contribution in [0.1, 0.15) is 27.7 Å². The van der Waals surface area contributed by atoms with E-state index in [1.807, 2.05) is 39.8 Å². The zero-order chi connectivity index (χ0) is 11.6. The highest BCUT2D eigenvalue weighted by Crippen LogP contribution is 2.19. The molecular formula is C11H22N2O2. The Balaban J connectivity index is 2.29. The molecule has 0 unspecified atom stereocenters. The van der Waals surface area contributed by atoms with Gasteiger partial charge in [-0.1, -0.05) is 0 Å². The van der Waals surface area contributed by atoms with Crippen LogP contribution in [0.2, 0.25) is 0 Å². The molecule has 0 bridgehead atoms. The summed E-state index contributed by atoms with van der Waals surface area (Å²) in [5.74, 6) is 0.352. The van der Waals surface area contributed by atoms with Gasteiger partial charge in [-0.2, -0.15) is 5.06 Å². The molecule has 0 aromatic carbocycles. The zero-order valence-corrected chi connectivity index (χ0v) is 10.4. The minimum Gasteiger partial charge on any atom is -0.343 e. The summed E-state index contributed by atoms with van der Waals surface area (Å²) in [6, 6.07) is 0.276. The number of nitrogens with zero attached hydrogens (tertiary/aromatic N) is 2. The Morgan fingerprint density at radius 2 is 1.87 bits per heavy atom. The van der Waals surface area contributed by atoms with Crippen molar-refractivity contribution in [1.82, 2.24) is 9.96 Å². The van der Waals surface area contributed by atoms with Crippen molar-refractivity contribution in [1.29, 1.82) is 0 Å². The third-order valence-electron chi connectivity index (χ3n) is 2.68. The van der Waals surface area contributed by atoms with Gasteiger partial charge in [-0.3, -0.25) is 9.63 Å². The quantitative estimate of drug-likeness (QED) is 0.703. The lowest BCUT2D eigenvalue weighted by molar-refractivity contribution is -0.241. The number of hydrogen-bond donors (Lipinski definition) is 0. The third kappa shape index (κ3) is 3.18. The van der Waals surface area contributed by atoms with E-state index in [0.29, 0.717) is 0 Å². The fourth-order valence-electron chi connectivity index (χ4n) is 1.52. The monoisotopic (exact) mass is 214 g/mol. The van der Waals surface area contributed by atoms with E-state index in [2.05, 4.69) is 0 Å². The lowest BCUT2D eigenvalue weighted by Crippen LogP contribution is -2.55. The maximum atomic E-state index is 11.8. The first-order valence-corrected chi connectivity index (χ1v) is 5.60. The molecule has 0 spiro atoms. The van der Waals surface area contributed by atoms with Crippen LogP contribution in [0, 0.1) is 5.92 Å². The predicted molar refractivity (Wildman–Crippen MR) is 59.2 cm³/mol. The van der Waals surface area contributed by atoms with Crippen LogP contribution in [-0.4, -0.2) is 48.2 Å². The molecule has 1 amide bonds. The molecule has 1 heterocycles. The van der Waals surface area contributed by atoms with Gasteiger partial charge in [-0.15, -0.1) is 0 Å². The zero-order valence-electron chi connectivity index (χ0n) is 10.4. The fraction of sp³-hybridized carbons (Fsp3) is 0.909. The second kappa shape index (κ2) is 4.94. The van der Waals surface area contributed by atoms with E-state index in [9.17, 15) is 4.79 Å². The molecule has 1 aliphatic rings. The highest BCUT2D eigenvalue weighted by Gasteiger charge is 2.36. The number of carbonyl (C=O) groups is 1. The predicted octanol–water partition coefficient (Wildman–Crippen LogP) is 1.12. The van der Waals surface area contributed by atoms with Gasteiger partial charge in [0.25, 0.3) is 0 Å². The third-order valence-corrected chi connectivity index (χ3v) is 2.68. The van der Waals surface area contributed by atoms with Crippen molar-refractivity contribution >= 4 is 5.91 Å². The molecule has 1 fully saturated rings. The van der Waals surface area contributed by atoms with Crippen LogP contribution in [-0.2, 0) is 9.63 Å². The first-order valence-electron chi connectivity index (χ1n) is 5.60. The molecule has 1 saturated heterocycles. The van der Waals surface area contributed by atoms with Crippen molar-refractivity contribution in [3.63, 3.8) is 0 Å². The van der Waals surface area contributed by atoms with Crippen molar-refractivity contribution in [2.24, 2.45) is 5.92 Å². The van der Waals surface area contributed by atoms with Crippen molar-refractivity contribution in [3.8, 4) is 0 Å². The molecule has 0 N–H and O–H groups in total. The highest BCUT2D eigenvalue weighted by atomic mass is 16.7. The van der Waals surface area contributed by atoms with Crippen LogP contribution in [0.3, 0.4) is 0 Å². The number of amides is 1. The molecule has 0 aliphatic carbocycles. The van der Waals surface area contributed by atoms with E-state index < -0.39 is 0 Å². The number of carbonyl (C=O) groups excluding carboxylic acids is 1. The number of hydroxylamine groups is 2. The van der Waals surface area contributed by atoms with Gasteiger partial charge in [0.2, 0.25) is 5.91 Å². The fourth-order valence-corrected chi connectivity index (χ4v) is 1.52. The van der Waals surface area contributed by atoms with Crippen LogP contribution < -0.4 is 0 Å². The summed E-state index contributed by atoms with van der Waals surface area (Å²) in [4.78, 5) is 19.1. The maximum absolute atomic E-state index is 11.8. The molecular weight excluding hydrogens is 192 g/mol. The molecule has 15 heavy (non-hydrogen) atoms. The second-order valence-electron chi connectivity index (χ2n) is 4.74. The first kappa shape index (κ1) is 12.5. The molecule has 4 nitrogen and oxygen atoms in total. The highest BCUT2D eigenvalue weighted by molar-refractivity contribution is 5.80. The minimum atomic E-state index is 0.121. The summed E-state index contributed by atoms with van der Waals surface area (Å²) >= 11 is 0. The van der Waals surface area contributed by atoms with Gasteiger partial charge >= 0.3 is 0 Å². The van der Waals surface area contributed by atoms with Crippen LogP contribution in [0.5, 0.6) is 0 Å². The van der Waals surface area contributed by atoms with Gasteiger partial charge in [-0.05, 0) is 27.7 Å². The summed E-state index contributed by atoms with van der Waals surface area (Å²) in [6.07, 6.45) is 0.198. The topological polar surface area (TPSA) is 32.8 Å². The molecule has 0 aromatic heterocycles. The normalized spacial score (nSPS) is 18.3. The van der Waals surface area contributed by atoms with Crippen molar-refractivity contribution in [3.05, 3.63) is 0 Å². The largest absolute Gasteiger partial charge is 0.343 e. The second-order valence-corrected chi connectivity index (χ2v) is 4.74. The molecule has 4 heteroatoms. The Hall–Kier alpha value is -0.610. The summed E-state index contributed by atoms with van der Waals surface area (Å²) in [5, 5.41) is 1.86. The summed E-state index contributed by atoms with van der Waals surface area (Å²) in [7, 11) is 1.86. The standard InChI is InChI=1S/C11H22N2O2/c1-8(2)12(5)11(14)10-6-13(7-10)15-9(3)4/h8-10H,6-7H2,1-5H3. The molecule has 0 aromatic rings. The number of rotatable bonds is 4. The van der Waals surface area contributed by atoms with E-state index in [4.69, 9.17) is 4.84 Å². The van der Waals surface area contributed by atoms with Gasteiger partial charge < -0.3 is 4.90 Å². The van der Waals surface area contributed by atoms with E-state index in [1.54, 1.807) is 4.90 Å². The summed E-state index contributed by atoms with van der Waals surface area (Å²) in [6.45, 7) is 9.50. The van der Waals surface area contributed by atoms with Crippen molar-refractivity contribution in [2.75, 3.05) is 20.1 Å². The molecule has 88 valence electrons. The minimum absolute atomic E-state index is 0.121. The van der Waals surface area contributed by atoms with E-state index >= 15 is 0 Å². The smallest absolute Gasteiger partial charge is 0.228 e. The molecule has 0 saturated carbocycles. The summed E-state index contributed by atoms with van der Waals surface area (Å²) < 4.78 is 0. The van der Waals surface area contributed by atoms with Crippen LogP contribution in [0.4, 0.5) is 0 Å². The van der Waals surface area contributed by atoms with Crippen molar-refractivity contribution < 1.29 is 9.63 Å². The van der Waals surface area contributed by atoms with E-state index in [1.165, 1.54) is 0 Å². The Labute approximate surface area is 92.1 Å². The lowest BCUT2D eigenvalue weighted by atomic mass is 10.0. The van der Waals surface area contributed by atoms with Gasteiger partial charge in [-0.25, -0.2) is 0 Å². The molecule has 1 aliphatic heterocycles.